The van der Waals surface area contributed by atoms with Gasteiger partial charge in [0.05, 0.1) is 12.5 Å². The second kappa shape index (κ2) is 10.9. The normalized spacial score (nSPS) is 21.6. The summed E-state index contributed by atoms with van der Waals surface area (Å²) in [5, 5.41) is 16.8. The van der Waals surface area contributed by atoms with Crippen molar-refractivity contribution in [3.63, 3.8) is 0 Å². The van der Waals surface area contributed by atoms with E-state index in [2.05, 4.69) is 15.6 Å². The van der Waals surface area contributed by atoms with E-state index in [9.17, 15) is 24.0 Å². The fraction of sp³-hybridized carbons (Fsp3) is 0.478. The number of hydrogen-bond acceptors (Lipinski definition) is 6. The number of aliphatic imine (C=N–C) groups is 1. The van der Waals surface area contributed by atoms with E-state index in [-0.39, 0.29) is 31.7 Å². The fourth-order valence-electron chi connectivity index (χ4n) is 4.14. The van der Waals surface area contributed by atoms with Crippen molar-refractivity contribution < 1.29 is 29.1 Å². The van der Waals surface area contributed by atoms with E-state index < -0.39 is 41.8 Å². The topological polar surface area (TPSA) is 148 Å². The molecular formula is C23H29N5O6. The minimum Gasteiger partial charge on any atom is -0.481 e. The van der Waals surface area contributed by atoms with Gasteiger partial charge >= 0.3 is 5.97 Å². The van der Waals surface area contributed by atoms with Crippen LogP contribution in [0.5, 0.6) is 0 Å². The van der Waals surface area contributed by atoms with Crippen molar-refractivity contribution >= 4 is 35.8 Å². The van der Waals surface area contributed by atoms with Gasteiger partial charge in [0.15, 0.2) is 0 Å². The third-order valence-corrected chi connectivity index (χ3v) is 5.83. The average molecular weight is 472 g/mol. The summed E-state index contributed by atoms with van der Waals surface area (Å²) in [5.74, 6) is -3.00. The SMILES string of the molecule is CN=C[C@H](CC(=O)O)NC(=O)[C@@H]1CCCN2C(=O)CC[C@H](NC(=O)c3ccc(C)cc3)C(=O)N12. The van der Waals surface area contributed by atoms with Crippen LogP contribution < -0.4 is 10.6 Å². The Morgan fingerprint density at radius 3 is 2.56 bits per heavy atom. The number of nitrogens with zero attached hydrogens (tertiary/aromatic N) is 3. The molecule has 3 atom stereocenters. The Morgan fingerprint density at radius 2 is 1.91 bits per heavy atom. The van der Waals surface area contributed by atoms with Crippen molar-refractivity contribution in [3.05, 3.63) is 35.4 Å². The zero-order valence-corrected chi connectivity index (χ0v) is 19.2. The van der Waals surface area contributed by atoms with Gasteiger partial charge in [-0.15, -0.1) is 0 Å². The molecule has 0 bridgehead atoms. The van der Waals surface area contributed by atoms with Gasteiger partial charge < -0.3 is 15.7 Å². The minimum atomic E-state index is -1.12. The quantitative estimate of drug-likeness (QED) is 0.487. The Bertz CT molecular complexity index is 992. The molecule has 1 aromatic rings. The smallest absolute Gasteiger partial charge is 0.305 e. The van der Waals surface area contributed by atoms with Crippen molar-refractivity contribution in [3.8, 4) is 0 Å². The molecule has 11 nitrogen and oxygen atoms in total. The molecule has 0 unspecified atom stereocenters. The maximum Gasteiger partial charge on any atom is 0.305 e. The molecule has 2 fully saturated rings. The van der Waals surface area contributed by atoms with Gasteiger partial charge in [0, 0.05) is 31.8 Å². The van der Waals surface area contributed by atoms with Crippen LogP contribution in [-0.4, -0.2) is 82.7 Å². The number of aliphatic carboxylic acids is 1. The summed E-state index contributed by atoms with van der Waals surface area (Å²) in [6, 6.07) is 4.02. The first kappa shape index (κ1) is 24.9. The largest absolute Gasteiger partial charge is 0.481 e. The summed E-state index contributed by atoms with van der Waals surface area (Å²) in [7, 11) is 1.46. The molecule has 0 aliphatic carbocycles. The lowest BCUT2D eigenvalue weighted by molar-refractivity contribution is -0.176. The van der Waals surface area contributed by atoms with E-state index >= 15 is 0 Å². The standard InChI is InChI=1S/C23H29N5O6/c1-14-5-7-15(8-6-14)21(32)26-17-9-10-19(29)27-11-3-4-18(28(27)23(17)34)22(33)25-16(13-24-2)12-20(30)31/h5-8,13,16-18H,3-4,9-12H2,1-2H3,(H,25,33)(H,26,32)(H,30,31)/t16-,17-,18-/m0/s1. The molecule has 2 aliphatic rings. The van der Waals surface area contributed by atoms with Crippen LogP contribution in [0.3, 0.4) is 0 Å². The number of benzene rings is 1. The van der Waals surface area contributed by atoms with E-state index in [1.807, 2.05) is 6.92 Å². The highest BCUT2D eigenvalue weighted by Gasteiger charge is 2.44. The third-order valence-electron chi connectivity index (χ3n) is 5.83. The van der Waals surface area contributed by atoms with Gasteiger partial charge in [-0.3, -0.25) is 34.0 Å². The van der Waals surface area contributed by atoms with Crippen molar-refractivity contribution in [1.29, 1.82) is 0 Å². The molecule has 0 radical (unpaired) electrons. The molecule has 2 aliphatic heterocycles. The molecular weight excluding hydrogens is 442 g/mol. The Hall–Kier alpha value is -3.76. The molecule has 34 heavy (non-hydrogen) atoms. The maximum atomic E-state index is 13.5. The number of carboxylic acid groups (broad SMARTS) is 1. The second-order valence-corrected chi connectivity index (χ2v) is 8.41. The van der Waals surface area contributed by atoms with Crippen molar-refractivity contribution in [1.82, 2.24) is 20.7 Å². The highest BCUT2D eigenvalue weighted by Crippen LogP contribution is 2.25. The molecule has 2 saturated heterocycles. The number of fused-ring (bicyclic) bond motifs is 1. The molecule has 3 rings (SSSR count). The second-order valence-electron chi connectivity index (χ2n) is 8.41. The predicted octanol–water partition coefficient (Wildman–Crippen LogP) is 0.282. The molecule has 11 heteroatoms. The Balaban J connectivity index is 1.81. The van der Waals surface area contributed by atoms with Gasteiger partial charge in [-0.05, 0) is 38.3 Å². The average Bonchev–Trinajstić information content (AvgIpc) is 2.91. The number of aryl methyl sites for hydroxylation is 1. The summed E-state index contributed by atoms with van der Waals surface area (Å²) in [6.07, 6.45) is 1.89. The highest BCUT2D eigenvalue weighted by atomic mass is 16.4. The van der Waals surface area contributed by atoms with Crippen LogP contribution in [0.1, 0.15) is 48.0 Å². The van der Waals surface area contributed by atoms with Crippen LogP contribution in [0.15, 0.2) is 29.3 Å². The highest BCUT2D eigenvalue weighted by molar-refractivity contribution is 6.00. The first-order chi connectivity index (χ1) is 16.2. The van der Waals surface area contributed by atoms with Gasteiger partial charge in [-0.1, -0.05) is 17.7 Å². The fourth-order valence-corrected chi connectivity index (χ4v) is 4.14. The lowest BCUT2D eigenvalue weighted by atomic mass is 10.0. The van der Waals surface area contributed by atoms with E-state index in [0.29, 0.717) is 18.4 Å². The Morgan fingerprint density at radius 1 is 1.21 bits per heavy atom. The molecule has 2 heterocycles. The first-order valence-corrected chi connectivity index (χ1v) is 11.2. The van der Waals surface area contributed by atoms with E-state index in [1.54, 1.807) is 24.3 Å². The van der Waals surface area contributed by atoms with Crippen LogP contribution >= 0.6 is 0 Å². The summed E-state index contributed by atoms with van der Waals surface area (Å²) in [4.78, 5) is 67.0. The van der Waals surface area contributed by atoms with Gasteiger partial charge in [0.2, 0.25) is 11.8 Å². The van der Waals surface area contributed by atoms with Crippen LogP contribution in [-0.2, 0) is 19.2 Å². The summed E-state index contributed by atoms with van der Waals surface area (Å²) in [6.45, 7) is 2.17. The van der Waals surface area contributed by atoms with Gasteiger partial charge in [-0.2, -0.15) is 0 Å². The molecule has 0 aromatic heterocycles. The van der Waals surface area contributed by atoms with Crippen LogP contribution in [0.2, 0.25) is 0 Å². The number of carbonyl (C=O) groups excluding carboxylic acids is 4. The van der Waals surface area contributed by atoms with Crippen LogP contribution in [0.25, 0.3) is 0 Å². The van der Waals surface area contributed by atoms with Crippen molar-refractivity contribution in [2.24, 2.45) is 4.99 Å². The molecule has 4 amide bonds. The summed E-state index contributed by atoms with van der Waals surface area (Å²) in [5.41, 5.74) is 1.37. The van der Waals surface area contributed by atoms with Gasteiger partial charge in [0.1, 0.15) is 12.1 Å². The number of hydrogen-bond donors (Lipinski definition) is 3. The summed E-state index contributed by atoms with van der Waals surface area (Å²) >= 11 is 0. The summed E-state index contributed by atoms with van der Waals surface area (Å²) < 4.78 is 0. The Labute approximate surface area is 197 Å². The van der Waals surface area contributed by atoms with Gasteiger partial charge in [-0.25, -0.2) is 5.01 Å². The van der Waals surface area contributed by atoms with Gasteiger partial charge in [0.25, 0.3) is 11.8 Å². The van der Waals surface area contributed by atoms with E-state index in [0.717, 1.165) is 10.6 Å². The molecule has 3 N–H and O–H groups in total. The molecule has 0 spiro atoms. The molecule has 1 aromatic carbocycles. The lowest BCUT2D eigenvalue weighted by Gasteiger charge is -2.43. The Kier molecular flexibility index (Phi) is 7.98. The van der Waals surface area contributed by atoms with Crippen LogP contribution in [0, 0.1) is 6.92 Å². The van der Waals surface area contributed by atoms with E-state index in [1.165, 1.54) is 18.3 Å². The number of rotatable bonds is 7. The molecule has 182 valence electrons. The number of nitrogens with one attached hydrogen (secondary N) is 2. The zero-order chi connectivity index (χ0) is 24.8. The lowest BCUT2D eigenvalue weighted by Crippen LogP contribution is -2.64. The minimum absolute atomic E-state index is 0.0412. The first-order valence-electron chi connectivity index (χ1n) is 11.2. The maximum absolute atomic E-state index is 13.5. The van der Waals surface area contributed by atoms with Crippen molar-refractivity contribution in [2.45, 2.75) is 57.2 Å². The predicted molar refractivity (Wildman–Crippen MR) is 122 cm³/mol. The van der Waals surface area contributed by atoms with Crippen LogP contribution in [0.4, 0.5) is 0 Å². The number of carboxylic acids is 1. The monoisotopic (exact) mass is 471 g/mol. The number of amides is 4. The third kappa shape index (κ3) is 5.77. The number of hydrazine groups is 1. The van der Waals surface area contributed by atoms with E-state index in [4.69, 9.17) is 5.11 Å². The number of carbonyl (C=O) groups is 5. The zero-order valence-electron chi connectivity index (χ0n) is 19.2. The molecule has 0 saturated carbocycles. The van der Waals surface area contributed by atoms with Crippen molar-refractivity contribution in [2.75, 3.05) is 13.6 Å².